The van der Waals surface area contributed by atoms with Crippen molar-refractivity contribution in [2.24, 2.45) is 7.05 Å². The first kappa shape index (κ1) is 17.1. The number of likely N-dealkylation sites (tertiary alicyclic amines) is 1. The summed E-state index contributed by atoms with van der Waals surface area (Å²) in [5.41, 5.74) is -0.696. The lowest BCUT2D eigenvalue weighted by molar-refractivity contribution is -0.141. The molecule has 1 saturated heterocycles. The Kier molecular flexibility index (Phi) is 4.27. The molecule has 25 heavy (non-hydrogen) atoms. The maximum absolute atomic E-state index is 12.6. The van der Waals surface area contributed by atoms with E-state index in [9.17, 15) is 18.0 Å². The molecule has 7 nitrogen and oxygen atoms in total. The Bertz CT molecular complexity index is 785. The van der Waals surface area contributed by atoms with E-state index in [2.05, 4.69) is 10.1 Å². The number of ether oxygens (including phenoxy) is 2. The number of carbonyl (C=O) groups excluding carboxylic acids is 1. The zero-order chi connectivity index (χ0) is 18.2. The number of rotatable bonds is 4. The second kappa shape index (κ2) is 6.26. The molecule has 134 valence electrons. The standard InChI is InChI=1S/C15H15F3N4O3/c1-21-8-10(13(20-21)24-2)14(23)22-6-9(7-22)25-12-5-3-4-11(19-12)15(16,17)18/h3-5,8-9H,6-7H2,1-2H3. The van der Waals surface area contributed by atoms with Crippen molar-refractivity contribution in [3.63, 3.8) is 0 Å². The molecule has 10 heteroatoms. The van der Waals surface area contributed by atoms with Gasteiger partial charge in [0.1, 0.15) is 17.4 Å². The summed E-state index contributed by atoms with van der Waals surface area (Å²) in [7, 11) is 3.08. The van der Waals surface area contributed by atoms with Gasteiger partial charge in [-0.3, -0.25) is 9.48 Å². The molecule has 0 N–H and O–H groups in total. The van der Waals surface area contributed by atoms with Crippen LogP contribution in [0.15, 0.2) is 24.4 Å². The first-order valence-electron chi connectivity index (χ1n) is 7.35. The Morgan fingerprint density at radius 3 is 2.68 bits per heavy atom. The van der Waals surface area contributed by atoms with Gasteiger partial charge in [-0.2, -0.15) is 13.2 Å². The molecule has 1 amide bonds. The molecule has 0 spiro atoms. The van der Waals surface area contributed by atoms with Crippen molar-refractivity contribution in [1.82, 2.24) is 19.7 Å². The van der Waals surface area contributed by atoms with Gasteiger partial charge in [-0.1, -0.05) is 6.07 Å². The van der Waals surface area contributed by atoms with Crippen molar-refractivity contribution < 1.29 is 27.4 Å². The van der Waals surface area contributed by atoms with E-state index in [4.69, 9.17) is 9.47 Å². The van der Waals surface area contributed by atoms with Gasteiger partial charge in [0.15, 0.2) is 0 Å². The number of pyridine rings is 1. The molecule has 3 rings (SSSR count). The van der Waals surface area contributed by atoms with Gasteiger partial charge in [0.25, 0.3) is 5.91 Å². The third-order valence-electron chi connectivity index (χ3n) is 3.66. The van der Waals surface area contributed by atoms with Gasteiger partial charge >= 0.3 is 6.18 Å². The zero-order valence-corrected chi connectivity index (χ0v) is 13.4. The molecule has 2 aromatic heterocycles. The third kappa shape index (κ3) is 3.52. The molecule has 1 fully saturated rings. The average Bonchev–Trinajstić information content (AvgIpc) is 2.90. The number of methoxy groups -OCH3 is 1. The normalized spacial score (nSPS) is 15.0. The summed E-state index contributed by atoms with van der Waals surface area (Å²) in [5, 5.41) is 4.01. The number of hydrogen-bond donors (Lipinski definition) is 0. The molecule has 0 radical (unpaired) electrons. The number of hydrogen-bond acceptors (Lipinski definition) is 5. The van der Waals surface area contributed by atoms with Crippen LogP contribution in [0.25, 0.3) is 0 Å². The van der Waals surface area contributed by atoms with Gasteiger partial charge in [0.2, 0.25) is 11.8 Å². The van der Waals surface area contributed by atoms with E-state index in [1.54, 1.807) is 13.2 Å². The first-order chi connectivity index (χ1) is 11.8. The fraction of sp³-hybridized carbons (Fsp3) is 0.400. The summed E-state index contributed by atoms with van der Waals surface area (Å²) in [5.74, 6) is -0.177. The van der Waals surface area contributed by atoms with Crippen LogP contribution in [-0.2, 0) is 13.2 Å². The Balaban J connectivity index is 1.60. The van der Waals surface area contributed by atoms with Crippen molar-refractivity contribution in [1.29, 1.82) is 0 Å². The van der Waals surface area contributed by atoms with Gasteiger partial charge < -0.3 is 14.4 Å². The molecular weight excluding hydrogens is 341 g/mol. The second-order valence-corrected chi connectivity index (χ2v) is 5.53. The van der Waals surface area contributed by atoms with E-state index in [0.29, 0.717) is 5.56 Å². The van der Waals surface area contributed by atoms with E-state index in [0.717, 1.165) is 6.07 Å². The highest BCUT2D eigenvalue weighted by molar-refractivity contribution is 5.96. The van der Waals surface area contributed by atoms with Crippen molar-refractivity contribution in [2.45, 2.75) is 12.3 Å². The lowest BCUT2D eigenvalue weighted by atomic mass is 10.1. The van der Waals surface area contributed by atoms with Gasteiger partial charge in [-0.05, 0) is 6.07 Å². The van der Waals surface area contributed by atoms with Crippen LogP contribution in [0.3, 0.4) is 0 Å². The Labute approximate surface area is 141 Å². The SMILES string of the molecule is COc1nn(C)cc1C(=O)N1CC(Oc2cccc(C(F)(F)F)n2)C1. The van der Waals surface area contributed by atoms with Gasteiger partial charge in [-0.25, -0.2) is 4.98 Å². The molecule has 3 heterocycles. The van der Waals surface area contributed by atoms with Crippen molar-refractivity contribution in [2.75, 3.05) is 20.2 Å². The fourth-order valence-electron chi connectivity index (χ4n) is 2.42. The van der Waals surface area contributed by atoms with E-state index >= 15 is 0 Å². The van der Waals surface area contributed by atoms with Crippen LogP contribution in [0.4, 0.5) is 13.2 Å². The summed E-state index contributed by atoms with van der Waals surface area (Å²) in [4.78, 5) is 17.3. The number of amides is 1. The molecule has 1 aliphatic heterocycles. The highest BCUT2D eigenvalue weighted by Crippen LogP contribution is 2.29. The van der Waals surface area contributed by atoms with Crippen LogP contribution in [0.2, 0.25) is 0 Å². The Hall–Kier alpha value is -2.78. The molecular formula is C15H15F3N4O3. The largest absolute Gasteiger partial charge is 0.479 e. The van der Waals surface area contributed by atoms with Gasteiger partial charge in [0.05, 0.1) is 20.2 Å². The summed E-state index contributed by atoms with van der Waals surface area (Å²) in [6, 6.07) is 3.45. The number of nitrogens with zero attached hydrogens (tertiary/aromatic N) is 4. The maximum Gasteiger partial charge on any atom is 0.433 e. The highest BCUT2D eigenvalue weighted by atomic mass is 19.4. The van der Waals surface area contributed by atoms with E-state index in [-0.39, 0.29) is 30.8 Å². The average molecular weight is 356 g/mol. The molecule has 0 unspecified atom stereocenters. The summed E-state index contributed by atoms with van der Waals surface area (Å²) >= 11 is 0. The molecule has 1 aliphatic rings. The van der Waals surface area contributed by atoms with E-state index in [1.807, 2.05) is 0 Å². The van der Waals surface area contributed by atoms with Crippen LogP contribution in [0, 0.1) is 0 Å². The van der Waals surface area contributed by atoms with Gasteiger partial charge in [0, 0.05) is 19.3 Å². The number of aryl methyl sites for hydroxylation is 1. The lowest BCUT2D eigenvalue weighted by Gasteiger charge is -2.38. The molecule has 2 aromatic rings. The summed E-state index contributed by atoms with van der Waals surface area (Å²) in [6.45, 7) is 0.490. The quantitative estimate of drug-likeness (QED) is 0.835. The first-order valence-corrected chi connectivity index (χ1v) is 7.35. The number of halogens is 3. The lowest BCUT2D eigenvalue weighted by Crippen LogP contribution is -2.56. The smallest absolute Gasteiger partial charge is 0.433 e. The topological polar surface area (TPSA) is 69.5 Å². The minimum absolute atomic E-state index is 0.120. The molecule has 0 aliphatic carbocycles. The molecule has 0 saturated carbocycles. The Morgan fingerprint density at radius 1 is 1.32 bits per heavy atom. The predicted molar refractivity (Wildman–Crippen MR) is 79.3 cm³/mol. The fourth-order valence-corrected chi connectivity index (χ4v) is 2.42. The number of alkyl halides is 3. The highest BCUT2D eigenvalue weighted by Gasteiger charge is 2.36. The maximum atomic E-state index is 12.6. The van der Waals surface area contributed by atoms with Crippen molar-refractivity contribution in [3.8, 4) is 11.8 Å². The third-order valence-corrected chi connectivity index (χ3v) is 3.66. The van der Waals surface area contributed by atoms with E-state index in [1.165, 1.54) is 28.8 Å². The minimum Gasteiger partial charge on any atom is -0.479 e. The van der Waals surface area contributed by atoms with Crippen LogP contribution in [0.1, 0.15) is 16.1 Å². The second-order valence-electron chi connectivity index (χ2n) is 5.53. The molecule has 0 aromatic carbocycles. The van der Waals surface area contributed by atoms with Crippen LogP contribution < -0.4 is 9.47 Å². The Morgan fingerprint density at radius 2 is 2.04 bits per heavy atom. The van der Waals surface area contributed by atoms with Crippen LogP contribution >= 0.6 is 0 Å². The predicted octanol–water partition coefficient (Wildman–Crippen LogP) is 1.75. The minimum atomic E-state index is -4.53. The van der Waals surface area contributed by atoms with E-state index < -0.39 is 18.0 Å². The van der Waals surface area contributed by atoms with Crippen molar-refractivity contribution in [3.05, 3.63) is 35.7 Å². The van der Waals surface area contributed by atoms with Crippen molar-refractivity contribution >= 4 is 5.91 Å². The summed E-state index contributed by atoms with van der Waals surface area (Å²) in [6.07, 6.45) is -3.40. The number of carbonyl (C=O) groups is 1. The number of aromatic nitrogens is 3. The van der Waals surface area contributed by atoms with Crippen LogP contribution in [-0.4, -0.2) is 51.9 Å². The molecule has 0 atom stereocenters. The monoisotopic (exact) mass is 356 g/mol. The van der Waals surface area contributed by atoms with Gasteiger partial charge in [-0.15, -0.1) is 5.10 Å². The zero-order valence-electron chi connectivity index (χ0n) is 13.4. The summed E-state index contributed by atoms with van der Waals surface area (Å²) < 4.78 is 49.8. The van der Waals surface area contributed by atoms with Crippen LogP contribution in [0.5, 0.6) is 11.8 Å². The molecule has 0 bridgehead atoms.